The van der Waals surface area contributed by atoms with Crippen LogP contribution in [-0.4, -0.2) is 51.8 Å². The van der Waals surface area contributed by atoms with E-state index in [1.54, 1.807) is 22.7 Å². The highest BCUT2D eigenvalue weighted by atomic mass is 16.5. The third kappa shape index (κ3) is 3.14. The number of aryl methyl sites for hydroxylation is 1. The fraction of sp³-hybridized carbons (Fsp3) is 0.667. The van der Waals surface area contributed by atoms with E-state index in [-0.39, 0.29) is 29.9 Å². The molecule has 1 aromatic heterocycles. The van der Waals surface area contributed by atoms with Crippen molar-refractivity contribution in [3.05, 3.63) is 11.8 Å². The van der Waals surface area contributed by atoms with Crippen LogP contribution in [0.15, 0.2) is 6.07 Å². The molecule has 2 aliphatic rings. The van der Waals surface area contributed by atoms with Crippen molar-refractivity contribution in [1.82, 2.24) is 14.7 Å². The van der Waals surface area contributed by atoms with E-state index in [1.807, 2.05) is 13.8 Å². The highest BCUT2D eigenvalue weighted by molar-refractivity contribution is 5.96. The van der Waals surface area contributed by atoms with Gasteiger partial charge in [-0.2, -0.15) is 5.10 Å². The molecule has 120 valence electrons. The molecule has 1 aliphatic heterocycles. The second-order valence-electron chi connectivity index (χ2n) is 6.27. The van der Waals surface area contributed by atoms with E-state index < -0.39 is 0 Å². The number of carbonyl (C=O) groups excluding carboxylic acids is 2. The number of aromatic nitrogens is 2. The Kier molecular flexibility index (Phi) is 3.90. The summed E-state index contributed by atoms with van der Waals surface area (Å²) in [5, 5.41) is 7.07. The lowest BCUT2D eigenvalue weighted by Gasteiger charge is -2.34. The van der Waals surface area contributed by atoms with Crippen LogP contribution in [0.3, 0.4) is 0 Å². The number of morpholine rings is 1. The standard InChI is InChI=1S/C15H22N4O3/c1-9-7-19(8-10(2)22-9)15(21)12-6-13(18(3)17-12)16-14(20)11-4-5-11/h6,9-11H,4-5,7-8H2,1-3H3,(H,16,20)/t9-,10-/m0/s1. The van der Waals surface area contributed by atoms with Crippen LogP contribution in [0.2, 0.25) is 0 Å². The van der Waals surface area contributed by atoms with Gasteiger partial charge in [0, 0.05) is 32.1 Å². The van der Waals surface area contributed by atoms with Crippen molar-refractivity contribution in [2.45, 2.75) is 38.9 Å². The Morgan fingerprint density at radius 3 is 2.50 bits per heavy atom. The molecule has 7 heteroatoms. The van der Waals surface area contributed by atoms with E-state index in [2.05, 4.69) is 10.4 Å². The van der Waals surface area contributed by atoms with Crippen LogP contribution in [0, 0.1) is 5.92 Å². The molecule has 0 bridgehead atoms. The second-order valence-corrected chi connectivity index (χ2v) is 6.27. The molecule has 2 heterocycles. The lowest BCUT2D eigenvalue weighted by atomic mass is 10.2. The first-order valence-corrected chi connectivity index (χ1v) is 7.73. The van der Waals surface area contributed by atoms with Gasteiger partial charge in [0.05, 0.1) is 12.2 Å². The predicted octanol–water partition coefficient (Wildman–Crippen LogP) is 1.02. The van der Waals surface area contributed by atoms with Crippen LogP contribution in [0.4, 0.5) is 5.82 Å². The number of hydrogen-bond acceptors (Lipinski definition) is 4. The minimum absolute atomic E-state index is 0.00983. The van der Waals surface area contributed by atoms with Crippen molar-refractivity contribution in [1.29, 1.82) is 0 Å². The fourth-order valence-electron chi connectivity index (χ4n) is 2.77. The van der Waals surface area contributed by atoms with Crippen LogP contribution < -0.4 is 5.32 Å². The summed E-state index contributed by atoms with van der Waals surface area (Å²) in [6.45, 7) is 5.03. The first kappa shape index (κ1) is 15.0. The number of carbonyl (C=O) groups is 2. The maximum Gasteiger partial charge on any atom is 0.274 e. The average molecular weight is 306 g/mol. The zero-order valence-corrected chi connectivity index (χ0v) is 13.2. The fourth-order valence-corrected chi connectivity index (χ4v) is 2.77. The van der Waals surface area contributed by atoms with Crippen LogP contribution in [0.25, 0.3) is 0 Å². The molecule has 7 nitrogen and oxygen atoms in total. The molecular weight excluding hydrogens is 284 g/mol. The number of rotatable bonds is 3. The van der Waals surface area contributed by atoms with Gasteiger partial charge in [0.1, 0.15) is 5.82 Å². The van der Waals surface area contributed by atoms with Crippen molar-refractivity contribution in [3.8, 4) is 0 Å². The van der Waals surface area contributed by atoms with Crippen LogP contribution in [0.5, 0.6) is 0 Å². The predicted molar refractivity (Wildman–Crippen MR) is 80.5 cm³/mol. The molecule has 1 aromatic rings. The van der Waals surface area contributed by atoms with Crippen LogP contribution >= 0.6 is 0 Å². The van der Waals surface area contributed by atoms with Crippen molar-refractivity contribution in [2.75, 3.05) is 18.4 Å². The minimum Gasteiger partial charge on any atom is -0.372 e. The molecule has 0 aromatic carbocycles. The molecule has 2 fully saturated rings. The van der Waals surface area contributed by atoms with Gasteiger partial charge in [0.2, 0.25) is 5.91 Å². The molecule has 1 aliphatic carbocycles. The minimum atomic E-state index is -0.121. The van der Waals surface area contributed by atoms with Gasteiger partial charge >= 0.3 is 0 Å². The van der Waals surface area contributed by atoms with E-state index in [9.17, 15) is 9.59 Å². The topological polar surface area (TPSA) is 76.5 Å². The Morgan fingerprint density at radius 1 is 1.27 bits per heavy atom. The summed E-state index contributed by atoms with van der Waals surface area (Å²) in [6.07, 6.45) is 1.92. The molecule has 1 saturated heterocycles. The molecule has 0 unspecified atom stereocenters. The third-order valence-corrected chi connectivity index (χ3v) is 4.01. The Balaban J connectivity index is 1.71. The van der Waals surface area contributed by atoms with Gasteiger partial charge < -0.3 is 15.0 Å². The van der Waals surface area contributed by atoms with Gasteiger partial charge in [-0.05, 0) is 26.7 Å². The first-order chi connectivity index (χ1) is 10.4. The Bertz CT molecular complexity index is 584. The number of nitrogens with one attached hydrogen (secondary N) is 1. The van der Waals surface area contributed by atoms with Gasteiger partial charge in [0.15, 0.2) is 5.69 Å². The van der Waals surface area contributed by atoms with Gasteiger partial charge in [-0.3, -0.25) is 14.3 Å². The molecule has 3 rings (SSSR count). The maximum absolute atomic E-state index is 12.6. The number of ether oxygens (including phenoxy) is 1. The molecule has 1 saturated carbocycles. The van der Waals surface area contributed by atoms with Gasteiger partial charge in [-0.25, -0.2) is 0 Å². The Morgan fingerprint density at radius 2 is 1.91 bits per heavy atom. The number of amides is 2. The van der Waals surface area contributed by atoms with E-state index in [4.69, 9.17) is 4.74 Å². The number of hydrogen-bond donors (Lipinski definition) is 1. The summed E-state index contributed by atoms with van der Waals surface area (Å²) in [7, 11) is 1.73. The van der Waals surface area contributed by atoms with Crippen LogP contribution in [0.1, 0.15) is 37.2 Å². The Hall–Kier alpha value is -1.89. The quantitative estimate of drug-likeness (QED) is 0.904. The monoisotopic (exact) mass is 306 g/mol. The third-order valence-electron chi connectivity index (χ3n) is 4.01. The zero-order chi connectivity index (χ0) is 15.9. The van der Waals surface area contributed by atoms with Crippen molar-refractivity contribution >= 4 is 17.6 Å². The van der Waals surface area contributed by atoms with E-state index in [1.165, 1.54) is 0 Å². The van der Waals surface area contributed by atoms with E-state index >= 15 is 0 Å². The zero-order valence-electron chi connectivity index (χ0n) is 13.2. The second kappa shape index (κ2) is 5.72. The average Bonchev–Trinajstić information content (AvgIpc) is 3.23. The lowest BCUT2D eigenvalue weighted by molar-refractivity contribution is -0.117. The molecule has 2 atom stereocenters. The molecular formula is C15H22N4O3. The summed E-state index contributed by atoms with van der Waals surface area (Å²) >= 11 is 0. The lowest BCUT2D eigenvalue weighted by Crippen LogP contribution is -2.48. The van der Waals surface area contributed by atoms with Crippen molar-refractivity contribution in [2.24, 2.45) is 13.0 Å². The highest BCUT2D eigenvalue weighted by Gasteiger charge is 2.31. The van der Waals surface area contributed by atoms with Gasteiger partial charge in [-0.1, -0.05) is 0 Å². The highest BCUT2D eigenvalue weighted by Crippen LogP contribution is 2.30. The van der Waals surface area contributed by atoms with Crippen LogP contribution in [-0.2, 0) is 16.6 Å². The normalized spacial score (nSPS) is 25.1. The van der Waals surface area contributed by atoms with E-state index in [0.717, 1.165) is 12.8 Å². The van der Waals surface area contributed by atoms with Crippen molar-refractivity contribution in [3.63, 3.8) is 0 Å². The smallest absolute Gasteiger partial charge is 0.274 e. The van der Waals surface area contributed by atoms with Gasteiger partial charge in [0.25, 0.3) is 5.91 Å². The SMILES string of the molecule is C[C@H]1CN(C(=O)c2cc(NC(=O)C3CC3)n(C)n2)C[C@H](C)O1. The van der Waals surface area contributed by atoms with E-state index in [0.29, 0.717) is 24.6 Å². The number of nitrogens with zero attached hydrogens (tertiary/aromatic N) is 3. The first-order valence-electron chi connectivity index (χ1n) is 7.73. The molecule has 1 N–H and O–H groups in total. The molecule has 2 amide bonds. The maximum atomic E-state index is 12.6. The summed E-state index contributed by atoms with van der Waals surface area (Å²) in [4.78, 5) is 26.2. The largest absolute Gasteiger partial charge is 0.372 e. The molecule has 0 spiro atoms. The number of anilines is 1. The van der Waals surface area contributed by atoms with Crippen molar-refractivity contribution < 1.29 is 14.3 Å². The molecule has 0 radical (unpaired) electrons. The Labute approximate surface area is 129 Å². The summed E-state index contributed by atoms with van der Waals surface area (Å²) in [6, 6.07) is 1.65. The summed E-state index contributed by atoms with van der Waals surface area (Å²) < 4.78 is 7.18. The summed E-state index contributed by atoms with van der Waals surface area (Å²) in [5.41, 5.74) is 0.356. The molecule has 22 heavy (non-hydrogen) atoms. The summed E-state index contributed by atoms with van der Waals surface area (Å²) in [5.74, 6) is 0.574. The van der Waals surface area contributed by atoms with Gasteiger partial charge in [-0.15, -0.1) is 0 Å².